The number of Topliss-reactive ketones (excluding diaryl/α,β-unsaturated/α-hetero) is 1. The lowest BCUT2D eigenvalue weighted by molar-refractivity contribution is -0.114. The van der Waals surface area contributed by atoms with Crippen molar-refractivity contribution >= 4 is 12.1 Å². The van der Waals surface area contributed by atoms with Crippen LogP contribution < -0.4 is 4.74 Å². The highest BCUT2D eigenvalue weighted by molar-refractivity contribution is 5.99. The number of ether oxygens (including phenoxy) is 1. The van der Waals surface area contributed by atoms with Gasteiger partial charge >= 0.3 is 0 Å². The Balaban J connectivity index is 0.000000268. The molecule has 156 valence electrons. The Morgan fingerprint density at radius 3 is 2.18 bits per heavy atom. The van der Waals surface area contributed by atoms with Crippen molar-refractivity contribution in [1.29, 1.82) is 0 Å². The number of carbonyl (C=O) groups is 2. The number of allylic oxidation sites excluding steroid dienone is 2. The SMILES string of the molecule is CC.CC(=O)C1=C(C=O)CCCC1.Cc1cc(OC2CCCC2)c(C)cc1F. The maximum absolute atomic E-state index is 13.2. The maximum Gasteiger partial charge on any atom is 0.156 e. The minimum absolute atomic E-state index is 0.0619. The Morgan fingerprint density at radius 2 is 1.64 bits per heavy atom. The predicted molar refractivity (Wildman–Crippen MR) is 112 cm³/mol. The summed E-state index contributed by atoms with van der Waals surface area (Å²) in [6, 6.07) is 3.36. The molecule has 0 atom stereocenters. The summed E-state index contributed by atoms with van der Waals surface area (Å²) in [5.74, 6) is 0.763. The van der Waals surface area contributed by atoms with Crippen LogP contribution in [0.4, 0.5) is 4.39 Å². The van der Waals surface area contributed by atoms with Gasteiger partial charge in [0.05, 0.1) is 6.10 Å². The van der Waals surface area contributed by atoms with Gasteiger partial charge in [0.25, 0.3) is 0 Å². The molecule has 0 amide bonds. The molecule has 0 saturated heterocycles. The highest BCUT2D eigenvalue weighted by Crippen LogP contribution is 2.28. The summed E-state index contributed by atoms with van der Waals surface area (Å²) in [5, 5.41) is 0. The van der Waals surface area contributed by atoms with E-state index in [9.17, 15) is 14.0 Å². The third-order valence-corrected chi connectivity index (χ3v) is 5.13. The summed E-state index contributed by atoms with van der Waals surface area (Å²) in [6.07, 6.45) is 9.63. The third-order valence-electron chi connectivity index (χ3n) is 5.13. The van der Waals surface area contributed by atoms with Crippen molar-refractivity contribution in [2.75, 3.05) is 0 Å². The smallest absolute Gasteiger partial charge is 0.156 e. The fourth-order valence-electron chi connectivity index (χ4n) is 3.53. The van der Waals surface area contributed by atoms with Crippen molar-refractivity contribution in [2.24, 2.45) is 0 Å². The first-order valence-electron chi connectivity index (χ1n) is 10.5. The Bertz CT molecular complexity index is 685. The maximum atomic E-state index is 13.2. The molecule has 0 aromatic heterocycles. The number of rotatable bonds is 4. The highest BCUT2D eigenvalue weighted by atomic mass is 19.1. The number of halogens is 1. The molecule has 0 unspecified atom stereocenters. The van der Waals surface area contributed by atoms with Crippen LogP contribution in [-0.2, 0) is 9.59 Å². The Morgan fingerprint density at radius 1 is 1.04 bits per heavy atom. The number of aryl methyl sites for hydroxylation is 2. The Kier molecular flexibility index (Phi) is 10.7. The zero-order valence-electron chi connectivity index (χ0n) is 18.1. The molecule has 1 aromatic carbocycles. The van der Waals surface area contributed by atoms with E-state index in [1.165, 1.54) is 19.8 Å². The van der Waals surface area contributed by atoms with Gasteiger partial charge < -0.3 is 4.74 Å². The van der Waals surface area contributed by atoms with E-state index < -0.39 is 0 Å². The molecule has 0 spiro atoms. The zero-order chi connectivity index (χ0) is 21.1. The zero-order valence-corrected chi connectivity index (χ0v) is 18.1. The number of carbonyl (C=O) groups excluding carboxylic acids is 2. The van der Waals surface area contributed by atoms with Crippen LogP contribution in [0.2, 0.25) is 0 Å². The first-order chi connectivity index (χ1) is 13.4. The molecule has 2 aliphatic rings. The Labute approximate surface area is 169 Å². The van der Waals surface area contributed by atoms with Crippen LogP contribution in [0.15, 0.2) is 23.3 Å². The minimum Gasteiger partial charge on any atom is -0.490 e. The summed E-state index contributed by atoms with van der Waals surface area (Å²) in [7, 11) is 0. The van der Waals surface area contributed by atoms with E-state index in [-0.39, 0.29) is 11.6 Å². The quantitative estimate of drug-likeness (QED) is 0.556. The molecule has 0 aliphatic heterocycles. The molecule has 2 aliphatic carbocycles. The number of aldehydes is 1. The highest BCUT2D eigenvalue weighted by Gasteiger charge is 2.18. The topological polar surface area (TPSA) is 43.4 Å². The van der Waals surface area contributed by atoms with Gasteiger partial charge in [-0.3, -0.25) is 9.59 Å². The van der Waals surface area contributed by atoms with Gasteiger partial charge in [0.1, 0.15) is 17.9 Å². The largest absolute Gasteiger partial charge is 0.490 e. The predicted octanol–water partition coefficient (Wildman–Crippen LogP) is 6.44. The van der Waals surface area contributed by atoms with Crippen molar-refractivity contribution in [1.82, 2.24) is 0 Å². The number of hydrogen-bond acceptors (Lipinski definition) is 3. The summed E-state index contributed by atoms with van der Waals surface area (Å²) in [6.45, 7) is 9.20. The van der Waals surface area contributed by atoms with Crippen molar-refractivity contribution in [3.63, 3.8) is 0 Å². The van der Waals surface area contributed by atoms with Crippen molar-refractivity contribution in [3.8, 4) is 5.75 Å². The molecule has 3 rings (SSSR count). The molecule has 0 radical (unpaired) electrons. The number of hydrogen-bond donors (Lipinski definition) is 0. The van der Waals surface area contributed by atoms with Crippen LogP contribution in [0, 0.1) is 19.7 Å². The molecule has 3 nitrogen and oxygen atoms in total. The second-order valence-corrected chi connectivity index (χ2v) is 7.28. The monoisotopic (exact) mass is 390 g/mol. The molecule has 1 saturated carbocycles. The van der Waals surface area contributed by atoms with E-state index in [4.69, 9.17) is 4.74 Å². The molecule has 1 aromatic rings. The third kappa shape index (κ3) is 7.21. The first kappa shape index (κ1) is 24.1. The lowest BCUT2D eigenvalue weighted by Gasteiger charge is -2.15. The van der Waals surface area contributed by atoms with E-state index in [1.54, 1.807) is 13.0 Å². The van der Waals surface area contributed by atoms with E-state index >= 15 is 0 Å². The molecule has 0 heterocycles. The molecule has 1 fully saturated rings. The van der Waals surface area contributed by atoms with E-state index in [1.807, 2.05) is 26.8 Å². The second kappa shape index (κ2) is 12.5. The average Bonchev–Trinajstić information content (AvgIpc) is 3.21. The molecule has 28 heavy (non-hydrogen) atoms. The van der Waals surface area contributed by atoms with Crippen molar-refractivity contribution in [2.45, 2.75) is 92.1 Å². The molecular formula is C24H35FO3. The number of ketones is 1. The van der Waals surface area contributed by atoms with Gasteiger partial charge in [-0.25, -0.2) is 4.39 Å². The molecule has 0 N–H and O–H groups in total. The normalized spacial score (nSPS) is 16.5. The Hall–Kier alpha value is -1.97. The summed E-state index contributed by atoms with van der Waals surface area (Å²) < 4.78 is 19.1. The summed E-state index contributed by atoms with van der Waals surface area (Å²) in [5.41, 5.74) is 3.04. The van der Waals surface area contributed by atoms with Crippen LogP contribution in [0.3, 0.4) is 0 Å². The van der Waals surface area contributed by atoms with Crippen LogP contribution >= 0.6 is 0 Å². The van der Waals surface area contributed by atoms with Gasteiger partial charge in [0.2, 0.25) is 0 Å². The fraction of sp³-hybridized carbons (Fsp3) is 0.583. The van der Waals surface area contributed by atoms with Crippen molar-refractivity contribution < 1.29 is 18.7 Å². The standard InChI is InChI=1S/C13H17FO.C9H12O2.C2H6/c1-9-8-13(10(2)7-12(9)14)15-11-5-3-4-6-11;1-7(11)9-5-3-2-4-8(9)6-10;1-2/h7-8,11H,3-6H2,1-2H3;6H,2-5H2,1H3;1-2H3. The lowest BCUT2D eigenvalue weighted by Crippen LogP contribution is -2.11. The van der Waals surface area contributed by atoms with E-state index in [0.29, 0.717) is 11.7 Å². The van der Waals surface area contributed by atoms with Gasteiger partial charge in [-0.1, -0.05) is 13.8 Å². The van der Waals surface area contributed by atoms with Gasteiger partial charge in [0, 0.05) is 5.57 Å². The second-order valence-electron chi connectivity index (χ2n) is 7.28. The van der Waals surface area contributed by atoms with Crippen LogP contribution in [0.5, 0.6) is 5.75 Å². The molecular weight excluding hydrogens is 355 g/mol. The van der Waals surface area contributed by atoms with Gasteiger partial charge in [-0.15, -0.1) is 0 Å². The fourth-order valence-corrected chi connectivity index (χ4v) is 3.53. The van der Waals surface area contributed by atoms with Gasteiger partial charge in [-0.2, -0.15) is 0 Å². The molecule has 0 bridgehead atoms. The van der Waals surface area contributed by atoms with Gasteiger partial charge in [-0.05, 0) is 101 Å². The first-order valence-corrected chi connectivity index (χ1v) is 10.5. The summed E-state index contributed by atoms with van der Waals surface area (Å²) >= 11 is 0. The van der Waals surface area contributed by atoms with Crippen molar-refractivity contribution in [3.05, 3.63) is 40.2 Å². The van der Waals surface area contributed by atoms with E-state index in [0.717, 1.165) is 67.3 Å². The lowest BCUT2D eigenvalue weighted by atomic mass is 9.90. The van der Waals surface area contributed by atoms with Crippen LogP contribution in [-0.4, -0.2) is 18.2 Å². The van der Waals surface area contributed by atoms with Crippen LogP contribution in [0.25, 0.3) is 0 Å². The van der Waals surface area contributed by atoms with Crippen LogP contribution in [0.1, 0.15) is 83.3 Å². The van der Waals surface area contributed by atoms with Gasteiger partial charge in [0.15, 0.2) is 5.78 Å². The number of benzene rings is 1. The average molecular weight is 391 g/mol. The summed E-state index contributed by atoms with van der Waals surface area (Å²) in [4.78, 5) is 21.4. The minimum atomic E-state index is -0.147. The molecule has 4 heteroatoms. The van der Waals surface area contributed by atoms with E-state index in [2.05, 4.69) is 0 Å².